The summed E-state index contributed by atoms with van der Waals surface area (Å²) in [5, 5.41) is 9.77. The molecule has 0 bridgehead atoms. The normalized spacial score (nSPS) is 26.9. The maximum Gasteiger partial charge on any atom is 0.338 e. The summed E-state index contributed by atoms with van der Waals surface area (Å²) in [4.78, 5) is 24.7. The van der Waals surface area contributed by atoms with Gasteiger partial charge < -0.3 is 28.5 Å². The Balaban J connectivity index is 2.42. The molecular weight excluding hydrogens is 420 g/mol. The van der Waals surface area contributed by atoms with Crippen LogP contribution in [0.4, 0.5) is 0 Å². The van der Waals surface area contributed by atoms with E-state index in [0.29, 0.717) is 5.56 Å². The molecule has 1 aromatic carbocycles. The van der Waals surface area contributed by atoms with Crippen LogP contribution in [0.5, 0.6) is 0 Å². The van der Waals surface area contributed by atoms with Gasteiger partial charge in [-0.2, -0.15) is 0 Å². The van der Waals surface area contributed by atoms with Crippen molar-refractivity contribution in [3.05, 3.63) is 35.9 Å². The lowest BCUT2D eigenvalue weighted by molar-refractivity contribution is -0.292. The van der Waals surface area contributed by atoms with E-state index < -0.39 is 57.6 Å². The fourth-order valence-corrected chi connectivity index (χ4v) is 4.37. The number of esters is 2. The predicted octanol–water partition coefficient (Wildman–Crippen LogP) is 2.90. The molecule has 1 saturated heterocycles. The number of ether oxygens (including phenoxy) is 4. The van der Waals surface area contributed by atoms with Gasteiger partial charge in [-0.1, -0.05) is 39.0 Å². The fraction of sp³-hybridized carbons (Fsp3) is 0.636. The monoisotopic (exact) mass is 454 g/mol. The molecule has 1 N–H and O–H groups in total. The number of benzene rings is 1. The first kappa shape index (κ1) is 25.5. The molecule has 0 amide bonds. The molecule has 1 fully saturated rings. The molecule has 1 aromatic rings. The SMILES string of the molecule is CO[C@H]1O[C@H](CO)[C@@H](OC(=O)c2ccccc2)[C@H](OC(C)=O)[C@H]1O[Si](C)(C)C(C)(C)C. The van der Waals surface area contributed by atoms with E-state index in [1.807, 2.05) is 13.1 Å². The molecule has 0 spiro atoms. The van der Waals surface area contributed by atoms with Crippen molar-refractivity contribution in [2.45, 2.75) is 76.5 Å². The van der Waals surface area contributed by atoms with Crippen molar-refractivity contribution in [2.75, 3.05) is 13.7 Å². The van der Waals surface area contributed by atoms with Gasteiger partial charge in [0.2, 0.25) is 0 Å². The van der Waals surface area contributed by atoms with E-state index in [2.05, 4.69) is 20.8 Å². The Labute approximate surface area is 184 Å². The minimum Gasteiger partial charge on any atom is -0.456 e. The van der Waals surface area contributed by atoms with Crippen molar-refractivity contribution in [2.24, 2.45) is 0 Å². The number of rotatable bonds is 7. The standard InChI is InChI=1S/C22H34O8Si/c1-14(24)27-18-17(29-20(25)15-11-9-8-10-12-15)16(13-23)28-21(26-5)19(18)30-31(6,7)22(2,3)4/h8-12,16-19,21,23H,13H2,1-7H3/t16-,17-,18+,19-,21+/m1/s1. The van der Waals surface area contributed by atoms with Gasteiger partial charge in [0.25, 0.3) is 0 Å². The molecule has 1 aliphatic heterocycles. The first-order valence-corrected chi connectivity index (χ1v) is 13.2. The Morgan fingerprint density at radius 1 is 1.06 bits per heavy atom. The summed E-state index contributed by atoms with van der Waals surface area (Å²) in [6.07, 6.45) is -4.81. The molecule has 0 saturated carbocycles. The summed E-state index contributed by atoms with van der Waals surface area (Å²) in [7, 11) is -0.917. The van der Waals surface area contributed by atoms with E-state index in [0.717, 1.165) is 0 Å². The van der Waals surface area contributed by atoms with Gasteiger partial charge in [0.15, 0.2) is 26.8 Å². The van der Waals surface area contributed by atoms with E-state index >= 15 is 0 Å². The molecule has 1 heterocycles. The van der Waals surface area contributed by atoms with E-state index in [9.17, 15) is 14.7 Å². The molecule has 0 aliphatic carbocycles. The van der Waals surface area contributed by atoms with Crippen molar-refractivity contribution in [1.29, 1.82) is 0 Å². The second-order valence-corrected chi connectivity index (χ2v) is 13.9. The zero-order chi connectivity index (χ0) is 23.4. The van der Waals surface area contributed by atoms with E-state index in [-0.39, 0.29) is 5.04 Å². The summed E-state index contributed by atoms with van der Waals surface area (Å²) in [5.41, 5.74) is 0.330. The maximum atomic E-state index is 12.7. The van der Waals surface area contributed by atoms with E-state index in [4.69, 9.17) is 23.4 Å². The molecule has 31 heavy (non-hydrogen) atoms. The van der Waals surface area contributed by atoms with Crippen LogP contribution >= 0.6 is 0 Å². The third-order valence-corrected chi connectivity index (χ3v) is 10.3. The summed E-state index contributed by atoms with van der Waals surface area (Å²) >= 11 is 0. The van der Waals surface area contributed by atoms with Gasteiger partial charge in [0, 0.05) is 14.0 Å². The highest BCUT2D eigenvalue weighted by Gasteiger charge is 2.54. The Morgan fingerprint density at radius 2 is 1.68 bits per heavy atom. The average Bonchev–Trinajstić information content (AvgIpc) is 2.69. The molecule has 0 aromatic heterocycles. The summed E-state index contributed by atoms with van der Waals surface area (Å²) < 4.78 is 29.1. The third kappa shape index (κ3) is 6.14. The summed E-state index contributed by atoms with van der Waals surface area (Å²) in [6.45, 7) is 11.1. The topological polar surface area (TPSA) is 101 Å². The first-order valence-electron chi connectivity index (χ1n) is 10.3. The number of methoxy groups -OCH3 is 1. The van der Waals surface area contributed by atoms with Crippen molar-refractivity contribution in [3.8, 4) is 0 Å². The van der Waals surface area contributed by atoms with Crippen LogP contribution in [-0.4, -0.2) is 69.8 Å². The molecular formula is C22H34O8Si. The largest absolute Gasteiger partial charge is 0.456 e. The van der Waals surface area contributed by atoms with Crippen LogP contribution in [0.15, 0.2) is 30.3 Å². The maximum absolute atomic E-state index is 12.7. The predicted molar refractivity (Wildman–Crippen MR) is 116 cm³/mol. The lowest BCUT2D eigenvalue weighted by Gasteiger charge is -2.48. The smallest absolute Gasteiger partial charge is 0.338 e. The molecule has 1 aliphatic rings. The highest BCUT2D eigenvalue weighted by Crippen LogP contribution is 2.40. The number of aliphatic hydroxyl groups is 1. The quantitative estimate of drug-likeness (QED) is 0.496. The number of carbonyl (C=O) groups is 2. The molecule has 2 rings (SSSR count). The lowest BCUT2D eigenvalue weighted by Crippen LogP contribution is -2.64. The third-order valence-electron chi connectivity index (χ3n) is 5.80. The Morgan fingerprint density at radius 3 is 2.16 bits per heavy atom. The summed E-state index contributed by atoms with van der Waals surface area (Å²) in [5.74, 6) is -1.19. The molecule has 0 unspecified atom stereocenters. The van der Waals surface area contributed by atoms with Crippen LogP contribution in [0.2, 0.25) is 18.1 Å². The first-order chi connectivity index (χ1) is 14.4. The molecule has 174 valence electrons. The minimum atomic E-state index is -2.36. The van der Waals surface area contributed by atoms with Gasteiger partial charge in [0.05, 0.1) is 12.2 Å². The van der Waals surface area contributed by atoms with Gasteiger partial charge in [-0.15, -0.1) is 0 Å². The van der Waals surface area contributed by atoms with Crippen molar-refractivity contribution in [3.63, 3.8) is 0 Å². The van der Waals surface area contributed by atoms with Crippen LogP contribution in [-0.2, 0) is 28.2 Å². The Bertz CT molecular complexity index is 746. The van der Waals surface area contributed by atoms with Crippen LogP contribution in [0.25, 0.3) is 0 Å². The molecule has 5 atom stereocenters. The van der Waals surface area contributed by atoms with Crippen molar-refractivity contribution < 1.29 is 38.1 Å². The highest BCUT2D eigenvalue weighted by molar-refractivity contribution is 6.74. The van der Waals surface area contributed by atoms with Gasteiger partial charge in [0.1, 0.15) is 12.2 Å². The minimum absolute atomic E-state index is 0.143. The molecule has 9 heteroatoms. The van der Waals surface area contributed by atoms with Gasteiger partial charge in [-0.05, 0) is 30.3 Å². The number of aliphatic hydroxyl groups excluding tert-OH is 1. The zero-order valence-corrected chi connectivity index (χ0v) is 20.3. The Kier molecular flexibility index (Phi) is 8.40. The highest BCUT2D eigenvalue weighted by atomic mass is 28.4. The average molecular weight is 455 g/mol. The van der Waals surface area contributed by atoms with Gasteiger partial charge in [-0.3, -0.25) is 4.79 Å². The van der Waals surface area contributed by atoms with Gasteiger partial charge >= 0.3 is 11.9 Å². The van der Waals surface area contributed by atoms with Crippen LogP contribution in [0, 0.1) is 0 Å². The number of carbonyl (C=O) groups excluding carboxylic acids is 2. The van der Waals surface area contributed by atoms with Crippen molar-refractivity contribution >= 4 is 20.3 Å². The number of hydrogen-bond acceptors (Lipinski definition) is 8. The second-order valence-electron chi connectivity index (χ2n) is 9.11. The van der Waals surface area contributed by atoms with Crippen LogP contribution in [0.3, 0.4) is 0 Å². The fourth-order valence-electron chi connectivity index (χ4n) is 3.09. The zero-order valence-electron chi connectivity index (χ0n) is 19.3. The van der Waals surface area contributed by atoms with E-state index in [1.54, 1.807) is 30.3 Å². The van der Waals surface area contributed by atoms with Crippen molar-refractivity contribution in [1.82, 2.24) is 0 Å². The van der Waals surface area contributed by atoms with Gasteiger partial charge in [-0.25, -0.2) is 4.79 Å². The Hall–Kier alpha value is -1.78. The summed E-state index contributed by atoms with van der Waals surface area (Å²) in [6, 6.07) is 8.44. The van der Waals surface area contributed by atoms with E-state index in [1.165, 1.54) is 14.0 Å². The second kappa shape index (κ2) is 10.2. The van der Waals surface area contributed by atoms with Crippen LogP contribution in [0.1, 0.15) is 38.1 Å². The lowest BCUT2D eigenvalue weighted by atomic mass is 9.98. The molecule has 0 radical (unpaired) electrons. The number of hydrogen-bond donors (Lipinski definition) is 1. The van der Waals surface area contributed by atoms with Crippen LogP contribution < -0.4 is 0 Å². The molecule has 8 nitrogen and oxygen atoms in total.